The van der Waals surface area contributed by atoms with Crippen LogP contribution in [0.4, 0.5) is 5.69 Å². The number of carbonyl (C=O) groups is 2. The zero-order valence-corrected chi connectivity index (χ0v) is 14.2. The maximum Gasteiger partial charge on any atom is 0.242 e. The Balaban J connectivity index is 1.62. The fourth-order valence-corrected chi connectivity index (χ4v) is 3.38. The second kappa shape index (κ2) is 7.66. The van der Waals surface area contributed by atoms with Gasteiger partial charge in [0.1, 0.15) is 6.04 Å². The second-order valence-electron chi connectivity index (χ2n) is 6.33. The molecule has 1 atom stereocenters. The molecule has 1 unspecified atom stereocenters. The summed E-state index contributed by atoms with van der Waals surface area (Å²) in [5, 5.41) is 2.78. The summed E-state index contributed by atoms with van der Waals surface area (Å²) in [6, 6.07) is 7.93. The normalized spacial score (nSPS) is 20.8. The van der Waals surface area contributed by atoms with E-state index in [9.17, 15) is 9.59 Å². The number of likely N-dealkylation sites (N-methyl/N-ethyl adjacent to an activating group) is 1. The van der Waals surface area contributed by atoms with Gasteiger partial charge >= 0.3 is 0 Å². The zero-order valence-electron chi connectivity index (χ0n) is 14.2. The first-order valence-corrected chi connectivity index (χ1v) is 8.61. The molecule has 24 heavy (non-hydrogen) atoms. The van der Waals surface area contributed by atoms with Gasteiger partial charge in [-0.25, -0.2) is 0 Å². The molecule has 0 aromatic heterocycles. The topological polar surface area (TPSA) is 61.9 Å². The number of hydrogen-bond donors (Lipinski definition) is 1. The number of rotatable bonds is 5. The monoisotopic (exact) mass is 331 g/mol. The van der Waals surface area contributed by atoms with E-state index in [1.165, 1.54) is 11.3 Å². The summed E-state index contributed by atoms with van der Waals surface area (Å²) in [6.07, 6.45) is 1.80. The predicted octanol–water partition coefficient (Wildman–Crippen LogP) is 0.803. The van der Waals surface area contributed by atoms with Crippen molar-refractivity contribution in [2.24, 2.45) is 0 Å². The molecule has 1 N–H and O–H groups in total. The first-order chi connectivity index (χ1) is 11.7. The Labute approximate surface area is 142 Å². The second-order valence-corrected chi connectivity index (χ2v) is 6.33. The number of nitrogens with zero attached hydrogens (tertiary/aromatic N) is 2. The Bertz CT molecular complexity index is 599. The van der Waals surface area contributed by atoms with Gasteiger partial charge in [0.25, 0.3) is 0 Å². The minimum Gasteiger partial charge on any atom is -0.378 e. The van der Waals surface area contributed by atoms with Crippen LogP contribution in [0.5, 0.6) is 0 Å². The summed E-state index contributed by atoms with van der Waals surface area (Å²) in [5.74, 6) is -0.0200. The van der Waals surface area contributed by atoms with Crippen LogP contribution in [0.3, 0.4) is 0 Å². The highest BCUT2D eigenvalue weighted by Gasteiger charge is 2.30. The number of amides is 2. The lowest BCUT2D eigenvalue weighted by Crippen LogP contribution is -2.42. The summed E-state index contributed by atoms with van der Waals surface area (Å²) in [5.41, 5.74) is 2.37. The van der Waals surface area contributed by atoms with Gasteiger partial charge in [-0.05, 0) is 24.5 Å². The van der Waals surface area contributed by atoms with Gasteiger partial charge in [-0.1, -0.05) is 18.2 Å². The van der Waals surface area contributed by atoms with Crippen molar-refractivity contribution >= 4 is 17.5 Å². The van der Waals surface area contributed by atoms with Crippen LogP contribution in [0.15, 0.2) is 24.3 Å². The Kier molecular flexibility index (Phi) is 5.35. The highest BCUT2D eigenvalue weighted by Crippen LogP contribution is 2.23. The van der Waals surface area contributed by atoms with Gasteiger partial charge in [-0.3, -0.25) is 9.59 Å². The summed E-state index contributed by atoms with van der Waals surface area (Å²) < 4.78 is 5.42. The largest absolute Gasteiger partial charge is 0.378 e. The van der Waals surface area contributed by atoms with E-state index in [1.807, 2.05) is 12.1 Å². The molecule has 0 spiro atoms. The molecule has 6 heteroatoms. The Morgan fingerprint density at radius 1 is 1.33 bits per heavy atom. The molecule has 0 saturated carbocycles. The molecule has 130 valence electrons. The van der Waals surface area contributed by atoms with Crippen LogP contribution in [0.25, 0.3) is 0 Å². The zero-order chi connectivity index (χ0) is 16.9. The van der Waals surface area contributed by atoms with Gasteiger partial charge in [0, 0.05) is 38.8 Å². The van der Waals surface area contributed by atoms with Crippen LogP contribution in [0.1, 0.15) is 18.4 Å². The molecule has 6 nitrogen and oxygen atoms in total. The number of aryl methyl sites for hydroxylation is 1. The number of para-hydroxylation sites is 1. The predicted molar refractivity (Wildman–Crippen MR) is 92.0 cm³/mol. The minimum atomic E-state index is -0.313. The minimum absolute atomic E-state index is 0.0221. The molecular formula is C18H25N3O3. The number of carbonyl (C=O) groups excluding carboxylic acids is 2. The average molecular weight is 331 g/mol. The van der Waals surface area contributed by atoms with Crippen molar-refractivity contribution in [3.8, 4) is 0 Å². The van der Waals surface area contributed by atoms with E-state index < -0.39 is 0 Å². The molecule has 2 aliphatic rings. The van der Waals surface area contributed by atoms with E-state index in [0.717, 1.165) is 26.3 Å². The highest BCUT2D eigenvalue weighted by atomic mass is 16.5. The van der Waals surface area contributed by atoms with Crippen molar-refractivity contribution in [2.45, 2.75) is 25.3 Å². The van der Waals surface area contributed by atoms with Gasteiger partial charge in [-0.15, -0.1) is 0 Å². The third-order valence-corrected chi connectivity index (χ3v) is 4.83. The Morgan fingerprint density at radius 2 is 2.08 bits per heavy atom. The fourth-order valence-electron chi connectivity index (χ4n) is 3.38. The van der Waals surface area contributed by atoms with Crippen LogP contribution in [-0.2, 0) is 20.7 Å². The first-order valence-electron chi connectivity index (χ1n) is 8.61. The van der Waals surface area contributed by atoms with E-state index >= 15 is 0 Å². The van der Waals surface area contributed by atoms with Gasteiger partial charge in [0.2, 0.25) is 11.8 Å². The molecule has 0 aliphatic carbocycles. The van der Waals surface area contributed by atoms with Crippen molar-refractivity contribution in [2.75, 3.05) is 44.8 Å². The smallest absolute Gasteiger partial charge is 0.242 e. The third kappa shape index (κ3) is 3.70. The number of morpholine rings is 1. The number of hydrogen-bond acceptors (Lipinski definition) is 4. The summed E-state index contributed by atoms with van der Waals surface area (Å²) >= 11 is 0. The van der Waals surface area contributed by atoms with E-state index in [-0.39, 0.29) is 17.9 Å². The van der Waals surface area contributed by atoms with Gasteiger partial charge in [-0.2, -0.15) is 0 Å². The molecule has 2 fully saturated rings. The molecule has 0 radical (unpaired) electrons. The van der Waals surface area contributed by atoms with E-state index in [0.29, 0.717) is 25.8 Å². The maximum atomic E-state index is 12.4. The van der Waals surface area contributed by atoms with Gasteiger partial charge in [0.15, 0.2) is 0 Å². The van der Waals surface area contributed by atoms with Crippen LogP contribution in [0.2, 0.25) is 0 Å². The SMILES string of the molecule is CN(C(=O)CCc1ccccc1N1CCOCC1)C1CCNC1=O. The van der Waals surface area contributed by atoms with Crippen LogP contribution in [-0.4, -0.2) is 62.7 Å². The molecule has 1 aromatic carbocycles. The standard InChI is InChI=1S/C18H25N3O3/c1-20(16-8-9-19-18(16)23)17(22)7-6-14-4-2-3-5-15(14)21-10-12-24-13-11-21/h2-5,16H,6-13H2,1H3,(H,19,23). The maximum absolute atomic E-state index is 12.4. The van der Waals surface area contributed by atoms with E-state index in [1.54, 1.807) is 11.9 Å². The van der Waals surface area contributed by atoms with E-state index in [2.05, 4.69) is 22.3 Å². The van der Waals surface area contributed by atoms with Crippen molar-refractivity contribution in [1.29, 1.82) is 0 Å². The molecule has 2 aliphatic heterocycles. The molecule has 3 rings (SSSR count). The molecule has 0 bridgehead atoms. The molecule has 2 amide bonds. The number of anilines is 1. The van der Waals surface area contributed by atoms with Crippen LogP contribution < -0.4 is 10.2 Å². The average Bonchev–Trinajstić information content (AvgIpc) is 3.06. The number of nitrogens with one attached hydrogen (secondary N) is 1. The third-order valence-electron chi connectivity index (χ3n) is 4.83. The Morgan fingerprint density at radius 3 is 2.79 bits per heavy atom. The van der Waals surface area contributed by atoms with Crippen molar-refractivity contribution < 1.29 is 14.3 Å². The molecule has 2 saturated heterocycles. The fraction of sp³-hybridized carbons (Fsp3) is 0.556. The lowest BCUT2D eigenvalue weighted by molar-refractivity contribution is -0.137. The lowest BCUT2D eigenvalue weighted by atomic mass is 10.0. The quantitative estimate of drug-likeness (QED) is 0.867. The van der Waals surface area contributed by atoms with Crippen molar-refractivity contribution in [3.63, 3.8) is 0 Å². The first kappa shape index (κ1) is 16.8. The molecule has 2 heterocycles. The van der Waals surface area contributed by atoms with Crippen LogP contribution in [0, 0.1) is 0 Å². The number of ether oxygens (including phenoxy) is 1. The Hall–Kier alpha value is -2.08. The highest BCUT2D eigenvalue weighted by molar-refractivity contribution is 5.89. The van der Waals surface area contributed by atoms with Crippen LogP contribution >= 0.6 is 0 Å². The van der Waals surface area contributed by atoms with E-state index in [4.69, 9.17) is 4.74 Å². The lowest BCUT2D eigenvalue weighted by Gasteiger charge is -2.30. The van der Waals surface area contributed by atoms with Gasteiger partial charge < -0.3 is 19.9 Å². The van der Waals surface area contributed by atoms with Gasteiger partial charge in [0.05, 0.1) is 13.2 Å². The molecule has 1 aromatic rings. The number of benzene rings is 1. The molecular weight excluding hydrogens is 306 g/mol. The summed E-state index contributed by atoms with van der Waals surface area (Å²) in [4.78, 5) is 28.1. The van der Waals surface area contributed by atoms with Crippen molar-refractivity contribution in [3.05, 3.63) is 29.8 Å². The summed E-state index contributed by atoms with van der Waals surface area (Å²) in [6.45, 7) is 3.90. The summed E-state index contributed by atoms with van der Waals surface area (Å²) in [7, 11) is 1.73. The van der Waals surface area contributed by atoms with Crippen molar-refractivity contribution in [1.82, 2.24) is 10.2 Å².